The molecule has 0 aliphatic rings. The fourth-order valence-corrected chi connectivity index (χ4v) is 0.739. The average Bonchev–Trinajstić information content (AvgIpc) is 2.29. The normalized spacial score (nSPS) is 10.5. The fourth-order valence-electron chi connectivity index (χ4n) is 0.739. The van der Waals surface area contributed by atoms with Gasteiger partial charge in [-0.05, 0) is 0 Å². The second kappa shape index (κ2) is 7.18. The number of amides is 3. The number of hydrogen-bond donors (Lipinski definition) is 4. The molecule has 0 aromatic rings. The minimum absolute atomic E-state index is 0.617. The van der Waals surface area contributed by atoms with Crippen LogP contribution in [0.4, 0.5) is 13.2 Å². The van der Waals surface area contributed by atoms with Crippen LogP contribution in [0.1, 0.15) is 0 Å². The zero-order chi connectivity index (χ0) is 15.1. The number of carboxylic acid groups (broad SMARTS) is 1. The van der Waals surface area contributed by atoms with Crippen LogP contribution in [0.2, 0.25) is 0 Å². The lowest BCUT2D eigenvalue weighted by molar-refractivity contribution is -0.173. The molecule has 8 nitrogen and oxygen atoms in total. The summed E-state index contributed by atoms with van der Waals surface area (Å²) < 4.78 is 35.2. The number of halogens is 3. The van der Waals surface area contributed by atoms with Gasteiger partial charge in [0.1, 0.15) is 6.54 Å². The first-order valence-corrected chi connectivity index (χ1v) is 4.73. The Balaban J connectivity index is 3.85. The van der Waals surface area contributed by atoms with E-state index in [4.69, 9.17) is 5.11 Å². The Bertz CT molecular complexity index is 382. The molecular weight excluding hydrogens is 275 g/mol. The predicted octanol–water partition coefficient (Wildman–Crippen LogP) is -2.02. The summed E-state index contributed by atoms with van der Waals surface area (Å²) in [6, 6.07) is 0. The van der Waals surface area contributed by atoms with Crippen molar-refractivity contribution < 1.29 is 37.5 Å². The minimum Gasteiger partial charge on any atom is -0.480 e. The lowest BCUT2D eigenvalue weighted by Crippen LogP contribution is -2.45. The van der Waals surface area contributed by atoms with E-state index in [1.807, 2.05) is 10.6 Å². The number of nitrogens with one attached hydrogen (secondary N) is 3. The predicted molar refractivity (Wildman–Crippen MR) is 52.7 cm³/mol. The smallest absolute Gasteiger partial charge is 0.471 e. The lowest BCUT2D eigenvalue weighted by Gasteiger charge is -2.08. The molecule has 11 heteroatoms. The van der Waals surface area contributed by atoms with Crippen molar-refractivity contribution in [2.24, 2.45) is 0 Å². The Kier molecular flexibility index (Phi) is 6.30. The summed E-state index contributed by atoms with van der Waals surface area (Å²) >= 11 is 0. The van der Waals surface area contributed by atoms with Crippen molar-refractivity contribution in [1.29, 1.82) is 0 Å². The molecule has 0 saturated carbocycles. The van der Waals surface area contributed by atoms with Gasteiger partial charge in [0, 0.05) is 0 Å². The minimum atomic E-state index is -5.10. The van der Waals surface area contributed by atoms with Crippen molar-refractivity contribution in [2.75, 3.05) is 19.6 Å². The molecule has 0 rings (SSSR count). The van der Waals surface area contributed by atoms with Crippen LogP contribution in [0, 0.1) is 0 Å². The molecule has 3 amide bonds. The standard InChI is InChI=1S/C8H10F3N3O5/c9-8(10,11)7(19)14-2-5(16)12-1-4(15)13-3-6(17)18/h1-3H2,(H,12,16)(H,13,15)(H,14,19)(H,17,18). The Morgan fingerprint density at radius 3 is 1.68 bits per heavy atom. The van der Waals surface area contributed by atoms with Gasteiger partial charge < -0.3 is 21.1 Å². The van der Waals surface area contributed by atoms with E-state index in [0.29, 0.717) is 0 Å². The van der Waals surface area contributed by atoms with E-state index in [9.17, 15) is 32.3 Å². The van der Waals surface area contributed by atoms with Crippen molar-refractivity contribution in [3.05, 3.63) is 0 Å². The maximum atomic E-state index is 11.7. The number of carboxylic acids is 1. The Labute approximate surface area is 104 Å². The van der Waals surface area contributed by atoms with Crippen LogP contribution in [0.25, 0.3) is 0 Å². The molecule has 0 heterocycles. The van der Waals surface area contributed by atoms with Gasteiger partial charge in [0.05, 0.1) is 13.1 Å². The summed E-state index contributed by atoms with van der Waals surface area (Å²) in [6.07, 6.45) is -5.10. The lowest BCUT2D eigenvalue weighted by atomic mass is 10.4. The average molecular weight is 285 g/mol. The fraction of sp³-hybridized carbons (Fsp3) is 0.500. The molecule has 0 bridgehead atoms. The van der Waals surface area contributed by atoms with Gasteiger partial charge in [-0.1, -0.05) is 0 Å². The highest BCUT2D eigenvalue weighted by Crippen LogP contribution is 2.13. The van der Waals surface area contributed by atoms with Gasteiger partial charge in [0.2, 0.25) is 11.8 Å². The highest BCUT2D eigenvalue weighted by atomic mass is 19.4. The van der Waals surface area contributed by atoms with E-state index in [-0.39, 0.29) is 0 Å². The van der Waals surface area contributed by atoms with Crippen molar-refractivity contribution in [2.45, 2.75) is 6.18 Å². The molecule has 0 aliphatic heterocycles. The first kappa shape index (κ1) is 16.7. The van der Waals surface area contributed by atoms with E-state index < -0.39 is 49.5 Å². The maximum absolute atomic E-state index is 11.7. The molecular formula is C8H10F3N3O5. The van der Waals surface area contributed by atoms with E-state index in [0.717, 1.165) is 0 Å². The second-order valence-electron chi connectivity index (χ2n) is 3.13. The summed E-state index contributed by atoms with van der Waals surface area (Å²) in [5, 5.41) is 13.3. The number of hydrogen-bond acceptors (Lipinski definition) is 4. The van der Waals surface area contributed by atoms with Crippen LogP contribution in [0.15, 0.2) is 0 Å². The molecule has 0 aromatic heterocycles. The molecule has 0 saturated heterocycles. The van der Waals surface area contributed by atoms with Crippen LogP contribution >= 0.6 is 0 Å². The van der Waals surface area contributed by atoms with Crippen LogP contribution in [0.5, 0.6) is 0 Å². The number of aliphatic carboxylic acids is 1. The largest absolute Gasteiger partial charge is 0.480 e. The highest BCUT2D eigenvalue weighted by molar-refractivity contribution is 5.90. The second-order valence-corrected chi connectivity index (χ2v) is 3.13. The van der Waals surface area contributed by atoms with Crippen molar-refractivity contribution in [3.63, 3.8) is 0 Å². The molecule has 108 valence electrons. The van der Waals surface area contributed by atoms with Crippen LogP contribution < -0.4 is 16.0 Å². The number of carbonyl (C=O) groups excluding carboxylic acids is 3. The van der Waals surface area contributed by atoms with Crippen LogP contribution in [-0.2, 0) is 19.2 Å². The molecule has 0 radical (unpaired) electrons. The molecule has 0 aliphatic carbocycles. The molecule has 19 heavy (non-hydrogen) atoms. The zero-order valence-electron chi connectivity index (χ0n) is 9.34. The van der Waals surface area contributed by atoms with Gasteiger partial charge in [-0.25, -0.2) is 0 Å². The maximum Gasteiger partial charge on any atom is 0.471 e. The van der Waals surface area contributed by atoms with Crippen LogP contribution in [0.3, 0.4) is 0 Å². The van der Waals surface area contributed by atoms with Crippen molar-refractivity contribution >= 4 is 23.7 Å². The quantitative estimate of drug-likeness (QED) is 0.448. The van der Waals surface area contributed by atoms with Crippen LogP contribution in [-0.4, -0.2) is 54.6 Å². The third-order valence-corrected chi connectivity index (χ3v) is 1.55. The summed E-state index contributed by atoms with van der Waals surface area (Å²) in [5.41, 5.74) is 0. The van der Waals surface area contributed by atoms with Gasteiger partial charge in [0.25, 0.3) is 0 Å². The van der Waals surface area contributed by atoms with Gasteiger partial charge in [-0.15, -0.1) is 0 Å². The molecule has 0 unspecified atom stereocenters. The van der Waals surface area contributed by atoms with Gasteiger partial charge in [0.15, 0.2) is 0 Å². The third kappa shape index (κ3) is 8.40. The highest BCUT2D eigenvalue weighted by Gasteiger charge is 2.38. The van der Waals surface area contributed by atoms with Gasteiger partial charge >= 0.3 is 18.1 Å². The monoisotopic (exact) mass is 285 g/mol. The Hall–Kier alpha value is -2.33. The van der Waals surface area contributed by atoms with E-state index in [2.05, 4.69) is 0 Å². The van der Waals surface area contributed by atoms with E-state index >= 15 is 0 Å². The first-order chi connectivity index (χ1) is 8.62. The Morgan fingerprint density at radius 1 is 0.842 bits per heavy atom. The van der Waals surface area contributed by atoms with Crippen molar-refractivity contribution in [3.8, 4) is 0 Å². The molecule has 0 aromatic carbocycles. The van der Waals surface area contributed by atoms with Crippen molar-refractivity contribution in [1.82, 2.24) is 16.0 Å². The molecule has 0 atom stereocenters. The number of rotatable bonds is 6. The summed E-state index contributed by atoms with van der Waals surface area (Å²) in [7, 11) is 0. The number of alkyl halides is 3. The van der Waals surface area contributed by atoms with Gasteiger partial charge in [-0.3, -0.25) is 19.2 Å². The molecule has 0 spiro atoms. The SMILES string of the molecule is O=C(O)CNC(=O)CNC(=O)CNC(=O)C(F)(F)F. The van der Waals surface area contributed by atoms with Gasteiger partial charge in [-0.2, -0.15) is 13.2 Å². The third-order valence-electron chi connectivity index (χ3n) is 1.55. The zero-order valence-corrected chi connectivity index (χ0v) is 9.34. The molecule has 0 fully saturated rings. The van der Waals surface area contributed by atoms with E-state index in [1.54, 1.807) is 0 Å². The van der Waals surface area contributed by atoms with E-state index in [1.165, 1.54) is 5.32 Å². The summed E-state index contributed by atoms with van der Waals surface area (Å²) in [4.78, 5) is 42.2. The summed E-state index contributed by atoms with van der Waals surface area (Å²) in [5.74, 6) is -5.43. The Morgan fingerprint density at radius 2 is 1.26 bits per heavy atom. The molecule has 4 N–H and O–H groups in total. The topological polar surface area (TPSA) is 125 Å². The number of carbonyl (C=O) groups is 4. The first-order valence-electron chi connectivity index (χ1n) is 4.73. The summed E-state index contributed by atoms with van der Waals surface area (Å²) in [6.45, 7) is -2.22.